The van der Waals surface area contributed by atoms with E-state index in [0.717, 1.165) is 18.2 Å². The summed E-state index contributed by atoms with van der Waals surface area (Å²) in [4.78, 5) is 10.6. The normalized spacial score (nSPS) is 24.5. The van der Waals surface area contributed by atoms with Gasteiger partial charge in [-0.1, -0.05) is 0 Å². The number of methoxy groups -OCH3 is 1. The molecule has 1 aliphatic rings. The van der Waals surface area contributed by atoms with Crippen LogP contribution in [0.1, 0.15) is 27.2 Å². The van der Waals surface area contributed by atoms with Gasteiger partial charge >= 0.3 is 5.69 Å². The van der Waals surface area contributed by atoms with Crippen LogP contribution >= 0.6 is 0 Å². The van der Waals surface area contributed by atoms with Gasteiger partial charge in [0, 0.05) is 25.7 Å². The third kappa shape index (κ3) is 4.87. The van der Waals surface area contributed by atoms with Crippen molar-refractivity contribution in [3.8, 4) is 5.75 Å². The van der Waals surface area contributed by atoms with Crippen LogP contribution in [0.3, 0.4) is 0 Å². The largest absolute Gasteiger partial charge is 0.478 e. The smallest absolute Gasteiger partial charge is 0.311 e. The molecule has 3 atom stereocenters. The van der Waals surface area contributed by atoms with Crippen molar-refractivity contribution in [1.82, 2.24) is 0 Å². The predicted octanol–water partition coefficient (Wildman–Crippen LogP) is 3.10. The Balaban J connectivity index is 2.22. The second-order valence-corrected chi connectivity index (χ2v) is 6.57. The number of ether oxygens (including phenoxy) is 4. The van der Waals surface area contributed by atoms with Crippen LogP contribution in [0.15, 0.2) is 18.2 Å². The topological polar surface area (TPSA) is 80.1 Å². The average Bonchev–Trinajstić information content (AvgIpc) is 2.88. The number of benzene rings is 1. The molecule has 25 heavy (non-hydrogen) atoms. The molecule has 0 N–H and O–H groups in total. The van der Waals surface area contributed by atoms with Gasteiger partial charge in [-0.15, -0.1) is 0 Å². The standard InChI is InChI=1S/C17H24FNO6/c1-11(2)24-13-8-17(3,23-9-13)16(10-22-4)25-15-7-12(18)5-6-14(15)19(20)21/h5-7,11,13,16H,8-10H2,1-4H3/t13-,16+,17?/m0/s1. The van der Waals surface area contributed by atoms with E-state index >= 15 is 0 Å². The number of rotatable bonds is 8. The number of halogens is 1. The molecule has 0 bridgehead atoms. The summed E-state index contributed by atoms with van der Waals surface area (Å²) in [6.07, 6.45) is -0.154. The highest BCUT2D eigenvalue weighted by atomic mass is 19.1. The van der Waals surface area contributed by atoms with E-state index in [-0.39, 0.29) is 30.3 Å². The molecule has 1 aromatic rings. The van der Waals surface area contributed by atoms with Crippen LogP contribution in [-0.4, -0.2) is 49.2 Å². The van der Waals surface area contributed by atoms with E-state index in [4.69, 9.17) is 18.9 Å². The van der Waals surface area contributed by atoms with Crippen LogP contribution in [-0.2, 0) is 14.2 Å². The van der Waals surface area contributed by atoms with Gasteiger partial charge < -0.3 is 18.9 Å². The van der Waals surface area contributed by atoms with Crippen molar-refractivity contribution in [2.75, 3.05) is 20.3 Å². The lowest BCUT2D eigenvalue weighted by Gasteiger charge is -2.33. The monoisotopic (exact) mass is 357 g/mol. The van der Waals surface area contributed by atoms with Crippen LogP contribution in [0.2, 0.25) is 0 Å². The van der Waals surface area contributed by atoms with Crippen molar-refractivity contribution in [3.63, 3.8) is 0 Å². The zero-order valence-corrected chi connectivity index (χ0v) is 14.9. The Hall–Kier alpha value is -1.77. The molecule has 0 saturated carbocycles. The van der Waals surface area contributed by atoms with Gasteiger partial charge in [-0.2, -0.15) is 0 Å². The fraction of sp³-hybridized carbons (Fsp3) is 0.647. The summed E-state index contributed by atoms with van der Waals surface area (Å²) in [6, 6.07) is 3.11. The Kier molecular flexibility index (Phi) is 6.31. The number of hydrogen-bond acceptors (Lipinski definition) is 6. The number of nitrogens with zero attached hydrogens (tertiary/aromatic N) is 1. The van der Waals surface area contributed by atoms with E-state index in [1.807, 2.05) is 20.8 Å². The Morgan fingerprint density at radius 1 is 1.48 bits per heavy atom. The summed E-state index contributed by atoms with van der Waals surface area (Å²) < 4.78 is 36.2. The zero-order valence-electron chi connectivity index (χ0n) is 14.9. The summed E-state index contributed by atoms with van der Waals surface area (Å²) in [6.45, 7) is 6.25. The lowest BCUT2D eigenvalue weighted by molar-refractivity contribution is -0.386. The van der Waals surface area contributed by atoms with Crippen molar-refractivity contribution in [2.45, 2.75) is 51.1 Å². The van der Waals surface area contributed by atoms with E-state index in [1.54, 1.807) is 0 Å². The molecule has 1 saturated heterocycles. The molecule has 0 spiro atoms. The van der Waals surface area contributed by atoms with Crippen molar-refractivity contribution >= 4 is 5.69 Å². The molecule has 0 aliphatic carbocycles. The first kappa shape index (κ1) is 19.6. The molecule has 1 aromatic carbocycles. The molecule has 1 heterocycles. The molecule has 2 rings (SSSR count). The second-order valence-electron chi connectivity index (χ2n) is 6.57. The van der Waals surface area contributed by atoms with E-state index in [0.29, 0.717) is 13.0 Å². The third-order valence-corrected chi connectivity index (χ3v) is 4.08. The van der Waals surface area contributed by atoms with E-state index in [9.17, 15) is 14.5 Å². The maximum atomic E-state index is 13.5. The fourth-order valence-electron chi connectivity index (χ4n) is 2.92. The minimum atomic E-state index is -0.768. The highest BCUT2D eigenvalue weighted by molar-refractivity contribution is 5.46. The van der Waals surface area contributed by atoms with Crippen LogP contribution in [0.5, 0.6) is 5.75 Å². The molecule has 1 fully saturated rings. The van der Waals surface area contributed by atoms with Gasteiger partial charge in [0.1, 0.15) is 11.4 Å². The number of nitro groups is 1. The first-order valence-electron chi connectivity index (χ1n) is 8.14. The van der Waals surface area contributed by atoms with Gasteiger partial charge in [-0.05, 0) is 26.8 Å². The first-order chi connectivity index (χ1) is 11.7. The van der Waals surface area contributed by atoms with Crippen LogP contribution in [0.25, 0.3) is 0 Å². The Morgan fingerprint density at radius 2 is 2.20 bits per heavy atom. The molecular weight excluding hydrogens is 333 g/mol. The maximum Gasteiger partial charge on any atom is 0.311 e. The Bertz CT molecular complexity index is 611. The minimum absolute atomic E-state index is 0.0575. The van der Waals surface area contributed by atoms with E-state index in [1.165, 1.54) is 7.11 Å². The highest BCUT2D eigenvalue weighted by Crippen LogP contribution is 2.36. The molecule has 1 aliphatic heterocycles. The SMILES string of the molecule is COC[C@@H](Oc1cc(F)ccc1[N+](=O)[O-])C1(C)C[C@H](OC(C)C)CO1. The van der Waals surface area contributed by atoms with Crippen molar-refractivity contribution in [3.05, 3.63) is 34.1 Å². The van der Waals surface area contributed by atoms with Gasteiger partial charge in [-0.3, -0.25) is 10.1 Å². The van der Waals surface area contributed by atoms with Gasteiger partial charge in [0.05, 0.1) is 30.3 Å². The summed E-state index contributed by atoms with van der Waals surface area (Å²) in [5.41, 5.74) is -1.07. The van der Waals surface area contributed by atoms with E-state index in [2.05, 4.69) is 0 Å². The van der Waals surface area contributed by atoms with Gasteiger partial charge in [0.15, 0.2) is 11.9 Å². The van der Waals surface area contributed by atoms with Crippen LogP contribution < -0.4 is 4.74 Å². The summed E-state index contributed by atoms with van der Waals surface area (Å²) >= 11 is 0. The van der Waals surface area contributed by atoms with Gasteiger partial charge in [0.25, 0.3) is 0 Å². The van der Waals surface area contributed by atoms with Crippen molar-refractivity contribution in [1.29, 1.82) is 0 Å². The molecule has 8 heteroatoms. The highest BCUT2D eigenvalue weighted by Gasteiger charge is 2.45. The zero-order chi connectivity index (χ0) is 18.6. The Labute approximate surface area is 146 Å². The van der Waals surface area contributed by atoms with Gasteiger partial charge in [-0.25, -0.2) is 4.39 Å². The predicted molar refractivity (Wildman–Crippen MR) is 88.3 cm³/mol. The molecule has 0 radical (unpaired) electrons. The van der Waals surface area contributed by atoms with Crippen LogP contribution in [0, 0.1) is 15.9 Å². The Morgan fingerprint density at radius 3 is 2.80 bits per heavy atom. The van der Waals surface area contributed by atoms with Crippen LogP contribution in [0.4, 0.5) is 10.1 Å². The third-order valence-electron chi connectivity index (χ3n) is 4.08. The summed E-state index contributed by atoms with van der Waals surface area (Å²) in [5, 5.41) is 11.2. The van der Waals surface area contributed by atoms with E-state index < -0.39 is 22.4 Å². The fourth-order valence-corrected chi connectivity index (χ4v) is 2.92. The van der Waals surface area contributed by atoms with Crippen molar-refractivity contribution < 1.29 is 28.3 Å². The van der Waals surface area contributed by atoms with Gasteiger partial charge in [0.2, 0.25) is 0 Å². The molecule has 0 aromatic heterocycles. The molecule has 0 amide bonds. The summed E-state index contributed by atoms with van der Waals surface area (Å²) in [5.74, 6) is -0.764. The quantitative estimate of drug-likeness (QED) is 0.525. The molecule has 1 unspecified atom stereocenters. The molecular formula is C17H24FNO6. The first-order valence-corrected chi connectivity index (χ1v) is 8.14. The maximum absolute atomic E-state index is 13.5. The molecule has 140 valence electrons. The van der Waals surface area contributed by atoms with Crippen molar-refractivity contribution in [2.24, 2.45) is 0 Å². The molecule has 7 nitrogen and oxygen atoms in total. The minimum Gasteiger partial charge on any atom is -0.478 e. The number of nitro benzene ring substituents is 1. The lowest BCUT2D eigenvalue weighted by atomic mass is 9.94. The lowest BCUT2D eigenvalue weighted by Crippen LogP contribution is -2.46. The average molecular weight is 357 g/mol. The second kappa shape index (κ2) is 8.07. The summed E-state index contributed by atoms with van der Waals surface area (Å²) in [7, 11) is 1.50. The number of hydrogen-bond donors (Lipinski definition) is 0.